The van der Waals surface area contributed by atoms with Crippen molar-refractivity contribution >= 4 is 16.7 Å². The molecule has 0 aliphatic heterocycles. The van der Waals surface area contributed by atoms with Crippen molar-refractivity contribution in [3.05, 3.63) is 71.8 Å². The van der Waals surface area contributed by atoms with E-state index in [1.54, 1.807) is 32.4 Å². The van der Waals surface area contributed by atoms with Crippen LogP contribution in [0.2, 0.25) is 0 Å². The molecule has 1 N–H and O–H groups in total. The van der Waals surface area contributed by atoms with Crippen molar-refractivity contribution in [3.8, 4) is 11.5 Å². The first-order valence-corrected chi connectivity index (χ1v) is 8.13. The first-order chi connectivity index (χ1) is 12.1. The maximum absolute atomic E-state index is 12.6. The predicted octanol–water partition coefficient (Wildman–Crippen LogP) is 4.35. The zero-order chi connectivity index (χ0) is 17.8. The van der Waals surface area contributed by atoms with Gasteiger partial charge in [-0.2, -0.15) is 0 Å². The highest BCUT2D eigenvalue weighted by Gasteiger charge is 2.14. The lowest BCUT2D eigenvalue weighted by molar-refractivity contribution is 0.0939. The van der Waals surface area contributed by atoms with Gasteiger partial charge in [-0.1, -0.05) is 36.4 Å². The normalized spacial score (nSPS) is 11.8. The van der Waals surface area contributed by atoms with E-state index in [0.717, 1.165) is 10.9 Å². The van der Waals surface area contributed by atoms with Gasteiger partial charge in [0.1, 0.15) is 11.5 Å². The van der Waals surface area contributed by atoms with Gasteiger partial charge in [0.05, 0.1) is 20.3 Å². The lowest BCUT2D eigenvalue weighted by Crippen LogP contribution is -2.26. The van der Waals surface area contributed by atoms with Crippen molar-refractivity contribution in [1.82, 2.24) is 5.32 Å². The Morgan fingerprint density at radius 1 is 0.880 bits per heavy atom. The maximum Gasteiger partial charge on any atom is 0.252 e. The Labute approximate surface area is 147 Å². The molecular weight excluding hydrogens is 314 g/mol. The summed E-state index contributed by atoms with van der Waals surface area (Å²) in [6.45, 7) is 1.97. The molecule has 0 spiro atoms. The van der Waals surface area contributed by atoms with Crippen molar-refractivity contribution < 1.29 is 14.3 Å². The summed E-state index contributed by atoms with van der Waals surface area (Å²) in [7, 11) is 3.13. The average molecular weight is 335 g/mol. The van der Waals surface area contributed by atoms with E-state index in [1.807, 2.05) is 25.1 Å². The highest BCUT2D eigenvalue weighted by atomic mass is 16.5. The molecule has 0 fully saturated rings. The second kappa shape index (κ2) is 7.26. The number of rotatable bonds is 5. The topological polar surface area (TPSA) is 47.6 Å². The fraction of sp³-hybridized carbons (Fsp3) is 0.190. The van der Waals surface area contributed by atoms with E-state index in [2.05, 4.69) is 29.6 Å². The molecule has 0 aromatic heterocycles. The maximum atomic E-state index is 12.6. The van der Waals surface area contributed by atoms with Crippen LogP contribution in [0.4, 0.5) is 0 Å². The number of hydrogen-bond acceptors (Lipinski definition) is 3. The van der Waals surface area contributed by atoms with Gasteiger partial charge in [0, 0.05) is 11.6 Å². The Bertz CT molecular complexity index is 882. The number of carbonyl (C=O) groups excluding carboxylic acids is 1. The lowest BCUT2D eigenvalue weighted by atomic mass is 10.0. The molecule has 4 nitrogen and oxygen atoms in total. The van der Waals surface area contributed by atoms with Crippen molar-refractivity contribution in [2.24, 2.45) is 0 Å². The molecule has 0 heterocycles. The van der Waals surface area contributed by atoms with Gasteiger partial charge in [-0.25, -0.2) is 0 Å². The quantitative estimate of drug-likeness (QED) is 0.754. The largest absolute Gasteiger partial charge is 0.497 e. The average Bonchev–Trinajstić information content (AvgIpc) is 2.66. The van der Waals surface area contributed by atoms with E-state index in [4.69, 9.17) is 9.47 Å². The third-order valence-electron chi connectivity index (χ3n) is 4.23. The molecular formula is C21H21NO3. The van der Waals surface area contributed by atoms with Crippen molar-refractivity contribution in [2.45, 2.75) is 13.0 Å². The standard InChI is InChI=1S/C21H21NO3/c1-14(16-9-8-15-6-4-5-7-17(15)10-16)22-21(23)18-11-19(24-2)13-20(12-18)25-3/h4-14H,1-3H3,(H,22,23). The molecule has 0 saturated carbocycles. The van der Waals surface area contributed by atoms with Gasteiger partial charge in [0.2, 0.25) is 0 Å². The Hall–Kier alpha value is -3.01. The molecule has 3 aromatic rings. The predicted molar refractivity (Wildman–Crippen MR) is 99.4 cm³/mol. The number of benzene rings is 3. The Morgan fingerprint density at radius 3 is 2.16 bits per heavy atom. The summed E-state index contributed by atoms with van der Waals surface area (Å²) >= 11 is 0. The molecule has 0 radical (unpaired) electrons. The van der Waals surface area contributed by atoms with Crippen LogP contribution in [0.15, 0.2) is 60.7 Å². The summed E-state index contributed by atoms with van der Waals surface area (Å²) in [5, 5.41) is 5.37. The van der Waals surface area contributed by atoms with Crippen LogP contribution < -0.4 is 14.8 Å². The van der Waals surface area contributed by atoms with E-state index in [0.29, 0.717) is 17.1 Å². The molecule has 1 unspecified atom stereocenters. The number of ether oxygens (including phenoxy) is 2. The van der Waals surface area contributed by atoms with Gasteiger partial charge in [0.15, 0.2) is 0 Å². The minimum absolute atomic E-state index is 0.116. The van der Waals surface area contributed by atoms with Gasteiger partial charge >= 0.3 is 0 Å². The van der Waals surface area contributed by atoms with Gasteiger partial charge in [-0.05, 0) is 41.5 Å². The second-order valence-electron chi connectivity index (χ2n) is 5.90. The first-order valence-electron chi connectivity index (χ1n) is 8.13. The summed E-state index contributed by atoms with van der Waals surface area (Å²) in [4.78, 5) is 12.6. The first kappa shape index (κ1) is 16.8. The van der Waals surface area contributed by atoms with Crippen LogP contribution in [0.3, 0.4) is 0 Å². The number of amides is 1. The van der Waals surface area contributed by atoms with Crippen molar-refractivity contribution in [3.63, 3.8) is 0 Å². The molecule has 3 aromatic carbocycles. The smallest absolute Gasteiger partial charge is 0.252 e. The number of fused-ring (bicyclic) bond motifs is 1. The highest BCUT2D eigenvalue weighted by Crippen LogP contribution is 2.24. The van der Waals surface area contributed by atoms with Gasteiger partial charge < -0.3 is 14.8 Å². The highest BCUT2D eigenvalue weighted by molar-refractivity contribution is 5.95. The molecule has 128 valence electrons. The molecule has 4 heteroatoms. The summed E-state index contributed by atoms with van der Waals surface area (Å²) < 4.78 is 10.5. The van der Waals surface area contributed by atoms with Crippen LogP contribution >= 0.6 is 0 Å². The zero-order valence-corrected chi connectivity index (χ0v) is 14.6. The number of hydrogen-bond donors (Lipinski definition) is 1. The Morgan fingerprint density at radius 2 is 1.52 bits per heavy atom. The number of methoxy groups -OCH3 is 2. The van der Waals surface area contributed by atoms with E-state index in [1.165, 1.54) is 5.39 Å². The molecule has 1 amide bonds. The molecule has 0 aliphatic rings. The van der Waals surface area contributed by atoms with Crippen LogP contribution in [0.5, 0.6) is 11.5 Å². The third kappa shape index (κ3) is 3.74. The van der Waals surface area contributed by atoms with Crippen LogP contribution in [0.25, 0.3) is 10.8 Å². The number of carbonyl (C=O) groups is 1. The third-order valence-corrected chi connectivity index (χ3v) is 4.23. The van der Waals surface area contributed by atoms with Crippen LogP contribution in [0, 0.1) is 0 Å². The number of nitrogens with one attached hydrogen (secondary N) is 1. The van der Waals surface area contributed by atoms with Crippen LogP contribution in [0.1, 0.15) is 28.9 Å². The van der Waals surface area contributed by atoms with Crippen molar-refractivity contribution in [1.29, 1.82) is 0 Å². The molecule has 0 aliphatic carbocycles. The summed E-state index contributed by atoms with van der Waals surface area (Å²) in [6.07, 6.45) is 0. The second-order valence-corrected chi connectivity index (χ2v) is 5.90. The Balaban J connectivity index is 1.81. The molecule has 0 bridgehead atoms. The van der Waals surface area contributed by atoms with E-state index in [9.17, 15) is 4.79 Å². The van der Waals surface area contributed by atoms with E-state index < -0.39 is 0 Å². The summed E-state index contributed by atoms with van der Waals surface area (Å²) in [5.41, 5.74) is 1.56. The monoisotopic (exact) mass is 335 g/mol. The van der Waals surface area contributed by atoms with E-state index >= 15 is 0 Å². The molecule has 3 rings (SSSR count). The Kier molecular flexibility index (Phi) is 4.89. The summed E-state index contributed by atoms with van der Waals surface area (Å²) in [6, 6.07) is 19.4. The van der Waals surface area contributed by atoms with Gasteiger partial charge in [-0.15, -0.1) is 0 Å². The zero-order valence-electron chi connectivity index (χ0n) is 14.6. The minimum Gasteiger partial charge on any atom is -0.497 e. The lowest BCUT2D eigenvalue weighted by Gasteiger charge is -2.16. The molecule has 25 heavy (non-hydrogen) atoms. The minimum atomic E-state index is -0.169. The van der Waals surface area contributed by atoms with Crippen LogP contribution in [-0.4, -0.2) is 20.1 Å². The fourth-order valence-electron chi connectivity index (χ4n) is 2.78. The fourth-order valence-corrected chi connectivity index (χ4v) is 2.78. The van der Waals surface area contributed by atoms with Crippen molar-refractivity contribution in [2.75, 3.05) is 14.2 Å². The summed E-state index contributed by atoms with van der Waals surface area (Å²) in [5.74, 6) is 1.00. The SMILES string of the molecule is COc1cc(OC)cc(C(=O)NC(C)c2ccc3ccccc3c2)c1. The van der Waals surface area contributed by atoms with Gasteiger partial charge in [-0.3, -0.25) is 4.79 Å². The van der Waals surface area contributed by atoms with Crippen LogP contribution in [-0.2, 0) is 0 Å². The van der Waals surface area contributed by atoms with Gasteiger partial charge in [0.25, 0.3) is 5.91 Å². The molecule has 1 atom stereocenters. The molecule has 0 saturated heterocycles. The van der Waals surface area contributed by atoms with E-state index in [-0.39, 0.29) is 11.9 Å².